The van der Waals surface area contributed by atoms with Gasteiger partial charge in [-0.3, -0.25) is 4.90 Å². The highest BCUT2D eigenvalue weighted by atomic mass is 15.2. The largest absolute Gasteiger partial charge is 0.329 e. The van der Waals surface area contributed by atoms with Gasteiger partial charge in [0, 0.05) is 12.1 Å². The number of benzene rings is 1. The molecule has 1 aromatic carbocycles. The van der Waals surface area contributed by atoms with Crippen LogP contribution in [0.5, 0.6) is 0 Å². The maximum absolute atomic E-state index is 6.30. The van der Waals surface area contributed by atoms with Crippen molar-refractivity contribution >= 4 is 0 Å². The number of nitrogens with zero attached hydrogens (tertiary/aromatic N) is 1. The van der Waals surface area contributed by atoms with Crippen LogP contribution in [0.4, 0.5) is 0 Å². The maximum Gasteiger partial charge on any atom is 0.0375 e. The summed E-state index contributed by atoms with van der Waals surface area (Å²) < 4.78 is 0. The minimum atomic E-state index is 0.203. The molecule has 1 aliphatic carbocycles. The summed E-state index contributed by atoms with van der Waals surface area (Å²) in [5.41, 5.74) is 10.1. The van der Waals surface area contributed by atoms with E-state index in [4.69, 9.17) is 5.73 Å². The lowest BCUT2D eigenvalue weighted by atomic mass is 9.76. The van der Waals surface area contributed by atoms with Crippen LogP contribution in [0, 0.1) is 5.41 Å². The van der Waals surface area contributed by atoms with Crippen molar-refractivity contribution in [1.29, 1.82) is 0 Å². The first-order valence-corrected chi connectivity index (χ1v) is 8.57. The van der Waals surface area contributed by atoms with Crippen molar-refractivity contribution in [3.63, 3.8) is 0 Å². The first-order valence-electron chi connectivity index (χ1n) is 8.57. The van der Waals surface area contributed by atoms with E-state index in [1.165, 1.54) is 56.3 Å². The van der Waals surface area contributed by atoms with Crippen LogP contribution in [-0.2, 0) is 12.8 Å². The van der Waals surface area contributed by atoms with E-state index in [9.17, 15) is 0 Å². The van der Waals surface area contributed by atoms with Gasteiger partial charge in [-0.2, -0.15) is 0 Å². The molecule has 3 rings (SSSR count). The third-order valence-corrected chi connectivity index (χ3v) is 5.89. The fraction of sp³-hybridized carbons (Fsp3) is 0.684. The van der Waals surface area contributed by atoms with Crippen molar-refractivity contribution in [3.8, 4) is 0 Å². The smallest absolute Gasteiger partial charge is 0.0375 e. The third-order valence-electron chi connectivity index (χ3n) is 5.89. The van der Waals surface area contributed by atoms with E-state index < -0.39 is 0 Å². The number of fused-ring (bicyclic) bond motifs is 1. The molecule has 0 amide bonds. The van der Waals surface area contributed by atoms with Crippen LogP contribution in [0.2, 0.25) is 0 Å². The van der Waals surface area contributed by atoms with Gasteiger partial charge >= 0.3 is 0 Å². The Morgan fingerprint density at radius 3 is 2.57 bits per heavy atom. The predicted octanol–water partition coefficient (Wildman–Crippen LogP) is 3.38. The SMILES string of the molecule is CC1(C)CCCN(C2(CN)CCc3ccccc3C2)CC1. The maximum atomic E-state index is 6.30. The average molecular weight is 286 g/mol. The van der Waals surface area contributed by atoms with Crippen LogP contribution in [0.15, 0.2) is 24.3 Å². The molecule has 1 unspecified atom stereocenters. The normalized spacial score (nSPS) is 29.7. The van der Waals surface area contributed by atoms with E-state index >= 15 is 0 Å². The second kappa shape index (κ2) is 5.73. The highest BCUT2D eigenvalue weighted by Gasteiger charge is 2.39. The van der Waals surface area contributed by atoms with Crippen LogP contribution in [0.3, 0.4) is 0 Å². The zero-order chi connectivity index (χ0) is 14.9. The van der Waals surface area contributed by atoms with Crippen molar-refractivity contribution in [2.45, 2.75) is 57.9 Å². The molecule has 0 spiro atoms. The Morgan fingerprint density at radius 2 is 1.81 bits per heavy atom. The molecule has 2 N–H and O–H groups in total. The number of likely N-dealkylation sites (tertiary alicyclic amines) is 1. The van der Waals surface area contributed by atoms with Crippen LogP contribution in [0.1, 0.15) is 50.7 Å². The molecule has 1 aromatic rings. The summed E-state index contributed by atoms with van der Waals surface area (Å²) in [6.07, 6.45) is 7.52. The van der Waals surface area contributed by atoms with Gasteiger partial charge in [0.2, 0.25) is 0 Å². The molecule has 0 aromatic heterocycles. The molecule has 1 atom stereocenters. The van der Waals surface area contributed by atoms with Crippen molar-refractivity contribution in [2.75, 3.05) is 19.6 Å². The van der Waals surface area contributed by atoms with E-state index in [-0.39, 0.29) is 5.54 Å². The van der Waals surface area contributed by atoms with Crippen molar-refractivity contribution in [1.82, 2.24) is 4.90 Å². The molecule has 1 heterocycles. The summed E-state index contributed by atoms with van der Waals surface area (Å²) in [7, 11) is 0. The molecule has 21 heavy (non-hydrogen) atoms. The number of rotatable bonds is 2. The van der Waals surface area contributed by atoms with Crippen LogP contribution < -0.4 is 5.73 Å². The monoisotopic (exact) mass is 286 g/mol. The molecule has 116 valence electrons. The number of hydrogen-bond donors (Lipinski definition) is 1. The fourth-order valence-electron chi connectivity index (χ4n) is 4.25. The van der Waals surface area contributed by atoms with Gasteiger partial charge in [-0.1, -0.05) is 38.1 Å². The first kappa shape index (κ1) is 15.1. The third kappa shape index (κ3) is 3.02. The summed E-state index contributed by atoms with van der Waals surface area (Å²) in [5.74, 6) is 0. The second-order valence-corrected chi connectivity index (χ2v) is 7.88. The van der Waals surface area contributed by atoms with E-state index in [2.05, 4.69) is 43.0 Å². The Kier molecular flexibility index (Phi) is 4.11. The molecule has 1 saturated heterocycles. The Hall–Kier alpha value is -0.860. The lowest BCUT2D eigenvalue weighted by molar-refractivity contribution is 0.0797. The molecule has 0 radical (unpaired) electrons. The predicted molar refractivity (Wildman–Crippen MR) is 89.5 cm³/mol. The summed E-state index contributed by atoms with van der Waals surface area (Å²) in [6, 6.07) is 8.95. The van der Waals surface area contributed by atoms with Gasteiger partial charge < -0.3 is 5.73 Å². The van der Waals surface area contributed by atoms with Crippen LogP contribution in [0.25, 0.3) is 0 Å². The molecule has 2 nitrogen and oxygen atoms in total. The van der Waals surface area contributed by atoms with Crippen LogP contribution in [-0.4, -0.2) is 30.1 Å². The zero-order valence-corrected chi connectivity index (χ0v) is 13.7. The quantitative estimate of drug-likeness (QED) is 0.903. The molecule has 1 aliphatic heterocycles. The first-order chi connectivity index (χ1) is 10.0. The fourth-order valence-corrected chi connectivity index (χ4v) is 4.25. The van der Waals surface area contributed by atoms with Crippen molar-refractivity contribution in [2.24, 2.45) is 11.1 Å². The molecule has 1 fully saturated rings. The average Bonchev–Trinajstić information content (AvgIpc) is 2.68. The molecule has 0 bridgehead atoms. The Morgan fingerprint density at radius 1 is 1.05 bits per heavy atom. The summed E-state index contributed by atoms with van der Waals surface area (Å²) >= 11 is 0. The van der Waals surface area contributed by atoms with Gasteiger partial charge in [0.05, 0.1) is 0 Å². The molecule has 2 aliphatic rings. The van der Waals surface area contributed by atoms with E-state index in [1.807, 2.05) is 0 Å². The second-order valence-electron chi connectivity index (χ2n) is 7.88. The molecule has 2 heteroatoms. The molecular formula is C19H30N2. The van der Waals surface area contributed by atoms with E-state index in [1.54, 1.807) is 0 Å². The van der Waals surface area contributed by atoms with Crippen LogP contribution >= 0.6 is 0 Å². The Labute approximate surface area is 129 Å². The summed E-state index contributed by atoms with van der Waals surface area (Å²) in [4.78, 5) is 2.73. The lowest BCUT2D eigenvalue weighted by Crippen LogP contribution is -2.57. The Bertz CT molecular complexity index is 494. The summed E-state index contributed by atoms with van der Waals surface area (Å²) in [6.45, 7) is 8.07. The minimum absolute atomic E-state index is 0.203. The van der Waals surface area contributed by atoms with Gasteiger partial charge in [-0.05, 0) is 68.2 Å². The topological polar surface area (TPSA) is 29.3 Å². The highest BCUT2D eigenvalue weighted by molar-refractivity contribution is 5.32. The van der Waals surface area contributed by atoms with Gasteiger partial charge in [0.1, 0.15) is 0 Å². The number of nitrogens with two attached hydrogens (primary N) is 1. The van der Waals surface area contributed by atoms with Crippen molar-refractivity contribution < 1.29 is 0 Å². The van der Waals surface area contributed by atoms with E-state index in [0.29, 0.717) is 5.41 Å². The lowest BCUT2D eigenvalue weighted by Gasteiger charge is -2.46. The van der Waals surface area contributed by atoms with Crippen molar-refractivity contribution in [3.05, 3.63) is 35.4 Å². The van der Waals surface area contributed by atoms with Gasteiger partial charge in [-0.25, -0.2) is 0 Å². The minimum Gasteiger partial charge on any atom is -0.329 e. The standard InChI is InChI=1S/C19H30N2/c1-18(2)9-5-12-21(13-11-18)19(15-20)10-8-16-6-3-4-7-17(16)14-19/h3-4,6-7H,5,8-15,20H2,1-2H3. The number of aryl methyl sites for hydroxylation is 1. The highest BCUT2D eigenvalue weighted by Crippen LogP contribution is 2.37. The van der Waals surface area contributed by atoms with Gasteiger partial charge in [0.25, 0.3) is 0 Å². The molecule has 0 saturated carbocycles. The number of hydrogen-bond acceptors (Lipinski definition) is 2. The summed E-state index contributed by atoms with van der Waals surface area (Å²) in [5, 5.41) is 0. The van der Waals surface area contributed by atoms with Gasteiger partial charge in [0.15, 0.2) is 0 Å². The molecular weight excluding hydrogens is 256 g/mol. The van der Waals surface area contributed by atoms with Gasteiger partial charge in [-0.15, -0.1) is 0 Å². The van der Waals surface area contributed by atoms with E-state index in [0.717, 1.165) is 13.0 Å². The zero-order valence-electron chi connectivity index (χ0n) is 13.7. The Balaban J connectivity index is 1.82.